The molecule has 2 aliphatic rings. The maximum absolute atomic E-state index is 12.0. The fourth-order valence-electron chi connectivity index (χ4n) is 4.21. The molecule has 2 atom stereocenters. The molecule has 0 bridgehead atoms. The zero-order valence-electron chi connectivity index (χ0n) is 16.1. The van der Waals surface area contributed by atoms with Crippen molar-refractivity contribution in [1.29, 1.82) is 0 Å². The van der Waals surface area contributed by atoms with E-state index in [4.69, 9.17) is 0 Å². The summed E-state index contributed by atoms with van der Waals surface area (Å²) in [4.78, 5) is 19.0. The van der Waals surface area contributed by atoms with Gasteiger partial charge in [0.15, 0.2) is 0 Å². The first kappa shape index (κ1) is 18.2. The van der Waals surface area contributed by atoms with Gasteiger partial charge < -0.3 is 15.1 Å². The van der Waals surface area contributed by atoms with Crippen molar-refractivity contribution in [1.82, 2.24) is 9.80 Å². The molecule has 1 aromatic rings. The summed E-state index contributed by atoms with van der Waals surface area (Å²) in [5.74, 6) is 0.0325. The monoisotopic (exact) mass is 344 g/mol. The third kappa shape index (κ3) is 4.33. The van der Waals surface area contributed by atoms with Crippen molar-refractivity contribution in [3.8, 4) is 0 Å². The molecule has 2 heterocycles. The second kappa shape index (κ2) is 7.75. The summed E-state index contributed by atoms with van der Waals surface area (Å²) in [6.45, 7) is 8.35. The number of benzene rings is 1. The number of likely N-dealkylation sites (tertiary alicyclic amines) is 1. The number of amides is 1. The molecule has 0 saturated carbocycles. The van der Waals surface area contributed by atoms with Gasteiger partial charge in [0.05, 0.1) is 6.54 Å². The average Bonchev–Trinajstić information content (AvgIpc) is 3.17. The van der Waals surface area contributed by atoms with E-state index in [2.05, 4.69) is 41.1 Å². The van der Waals surface area contributed by atoms with Crippen molar-refractivity contribution in [2.45, 2.75) is 45.2 Å². The Morgan fingerprint density at radius 3 is 2.72 bits per heavy atom. The molecule has 2 aliphatic heterocycles. The molecule has 0 aromatic heterocycles. The summed E-state index contributed by atoms with van der Waals surface area (Å²) in [7, 11) is 3.81. The molecule has 1 amide bonds. The second-order valence-electron chi connectivity index (χ2n) is 7.90. The van der Waals surface area contributed by atoms with Gasteiger partial charge in [-0.3, -0.25) is 9.69 Å². The van der Waals surface area contributed by atoms with Crippen LogP contribution in [0.3, 0.4) is 0 Å². The minimum absolute atomic E-state index is 0.0325. The number of carbonyl (C=O) groups is 1. The second-order valence-corrected chi connectivity index (χ2v) is 7.90. The predicted molar refractivity (Wildman–Crippen MR) is 104 cm³/mol. The van der Waals surface area contributed by atoms with E-state index in [0.29, 0.717) is 12.6 Å². The standard InChI is InChI=1S/C20H32N4O/c1-15-12-17(7-8-19(15)21-20(25)14-22(3)4)23-11-9-18(13-23)24-10-5-6-16(24)2/h7-8,12,16,18H,5-6,9-11,13-14H2,1-4H3,(H,21,25). The summed E-state index contributed by atoms with van der Waals surface area (Å²) in [6, 6.07) is 7.83. The molecule has 1 aromatic carbocycles. The van der Waals surface area contributed by atoms with E-state index in [-0.39, 0.29) is 5.91 Å². The largest absolute Gasteiger partial charge is 0.370 e. The lowest BCUT2D eigenvalue weighted by Gasteiger charge is -2.28. The summed E-state index contributed by atoms with van der Waals surface area (Å²) in [5.41, 5.74) is 3.32. The number of rotatable bonds is 5. The number of anilines is 2. The highest BCUT2D eigenvalue weighted by Gasteiger charge is 2.32. The Balaban J connectivity index is 1.62. The Bertz CT molecular complexity index is 616. The van der Waals surface area contributed by atoms with Gasteiger partial charge in [-0.05, 0) is 77.5 Å². The molecule has 3 rings (SSSR count). The fourth-order valence-corrected chi connectivity index (χ4v) is 4.21. The maximum Gasteiger partial charge on any atom is 0.238 e. The van der Waals surface area contributed by atoms with E-state index < -0.39 is 0 Å². The molecule has 1 N–H and O–H groups in total. The predicted octanol–water partition coefficient (Wildman–Crippen LogP) is 2.56. The Morgan fingerprint density at radius 2 is 2.08 bits per heavy atom. The number of nitrogens with zero attached hydrogens (tertiary/aromatic N) is 3. The SMILES string of the molecule is Cc1cc(N2CCC(N3CCCC3C)C2)ccc1NC(=O)CN(C)C. The van der Waals surface area contributed by atoms with Gasteiger partial charge in [-0.25, -0.2) is 0 Å². The van der Waals surface area contributed by atoms with Gasteiger partial charge in [-0.2, -0.15) is 0 Å². The number of carbonyl (C=O) groups excluding carboxylic acids is 1. The Labute approximate surface area is 152 Å². The number of likely N-dealkylation sites (N-methyl/N-ethyl adjacent to an activating group) is 1. The molecular weight excluding hydrogens is 312 g/mol. The summed E-state index contributed by atoms with van der Waals surface area (Å²) >= 11 is 0. The summed E-state index contributed by atoms with van der Waals surface area (Å²) < 4.78 is 0. The topological polar surface area (TPSA) is 38.8 Å². The van der Waals surface area contributed by atoms with E-state index in [1.54, 1.807) is 0 Å². The quantitative estimate of drug-likeness (QED) is 0.891. The molecule has 2 saturated heterocycles. The number of hydrogen-bond acceptors (Lipinski definition) is 4. The van der Waals surface area contributed by atoms with Crippen LogP contribution in [0.4, 0.5) is 11.4 Å². The van der Waals surface area contributed by atoms with Crippen LogP contribution in [-0.4, -0.2) is 68.1 Å². The Morgan fingerprint density at radius 1 is 1.28 bits per heavy atom. The van der Waals surface area contributed by atoms with Gasteiger partial charge >= 0.3 is 0 Å². The van der Waals surface area contributed by atoms with Crippen LogP contribution in [0.25, 0.3) is 0 Å². The van der Waals surface area contributed by atoms with Gasteiger partial charge in [-0.1, -0.05) is 0 Å². The maximum atomic E-state index is 12.0. The van der Waals surface area contributed by atoms with Crippen molar-refractivity contribution in [3.05, 3.63) is 23.8 Å². The minimum Gasteiger partial charge on any atom is -0.370 e. The third-order valence-corrected chi connectivity index (χ3v) is 5.55. The Kier molecular flexibility index (Phi) is 5.64. The lowest BCUT2D eigenvalue weighted by molar-refractivity contribution is -0.116. The van der Waals surface area contributed by atoms with E-state index in [1.807, 2.05) is 25.1 Å². The smallest absolute Gasteiger partial charge is 0.238 e. The van der Waals surface area contributed by atoms with Crippen molar-refractivity contribution in [3.63, 3.8) is 0 Å². The number of aryl methyl sites for hydroxylation is 1. The van der Waals surface area contributed by atoms with Crippen LogP contribution in [0.2, 0.25) is 0 Å². The van der Waals surface area contributed by atoms with Gasteiger partial charge in [0, 0.05) is 36.5 Å². The van der Waals surface area contributed by atoms with Gasteiger partial charge in [0.25, 0.3) is 0 Å². The molecule has 5 nitrogen and oxygen atoms in total. The first-order valence-electron chi connectivity index (χ1n) is 9.50. The van der Waals surface area contributed by atoms with Crippen molar-refractivity contribution < 1.29 is 4.79 Å². The van der Waals surface area contributed by atoms with Crippen LogP contribution in [-0.2, 0) is 4.79 Å². The highest BCUT2D eigenvalue weighted by Crippen LogP contribution is 2.30. The number of hydrogen-bond donors (Lipinski definition) is 1. The lowest BCUT2D eigenvalue weighted by Crippen LogP contribution is -2.39. The zero-order valence-corrected chi connectivity index (χ0v) is 16.1. The lowest BCUT2D eigenvalue weighted by atomic mass is 10.1. The minimum atomic E-state index is 0.0325. The molecule has 138 valence electrons. The summed E-state index contributed by atoms with van der Waals surface area (Å²) in [6.07, 6.45) is 3.94. The highest BCUT2D eigenvalue weighted by molar-refractivity contribution is 5.93. The Hall–Kier alpha value is -1.59. The molecule has 0 spiro atoms. The van der Waals surface area contributed by atoms with Crippen LogP contribution in [0.15, 0.2) is 18.2 Å². The first-order valence-corrected chi connectivity index (χ1v) is 9.50. The van der Waals surface area contributed by atoms with Crippen LogP contribution >= 0.6 is 0 Å². The molecule has 2 unspecified atom stereocenters. The van der Waals surface area contributed by atoms with Crippen molar-refractivity contribution in [2.75, 3.05) is 50.5 Å². The van der Waals surface area contributed by atoms with Crippen molar-refractivity contribution in [2.24, 2.45) is 0 Å². The molecule has 25 heavy (non-hydrogen) atoms. The third-order valence-electron chi connectivity index (χ3n) is 5.55. The highest BCUT2D eigenvalue weighted by atomic mass is 16.2. The van der Waals surface area contributed by atoms with Crippen LogP contribution in [0.5, 0.6) is 0 Å². The molecule has 2 fully saturated rings. The molecule has 0 radical (unpaired) electrons. The van der Waals surface area contributed by atoms with Crippen molar-refractivity contribution >= 4 is 17.3 Å². The fraction of sp³-hybridized carbons (Fsp3) is 0.650. The normalized spacial score (nSPS) is 24.3. The molecule has 0 aliphatic carbocycles. The van der Waals surface area contributed by atoms with Crippen LogP contribution < -0.4 is 10.2 Å². The van der Waals surface area contributed by atoms with E-state index >= 15 is 0 Å². The van der Waals surface area contributed by atoms with Gasteiger partial charge in [0.2, 0.25) is 5.91 Å². The summed E-state index contributed by atoms with van der Waals surface area (Å²) in [5, 5.41) is 3.01. The van der Waals surface area contributed by atoms with E-state index in [9.17, 15) is 4.79 Å². The average molecular weight is 345 g/mol. The van der Waals surface area contributed by atoms with E-state index in [1.165, 1.54) is 31.5 Å². The van der Waals surface area contributed by atoms with E-state index in [0.717, 1.165) is 30.4 Å². The van der Waals surface area contributed by atoms with Crippen LogP contribution in [0.1, 0.15) is 31.7 Å². The van der Waals surface area contributed by atoms with Gasteiger partial charge in [0.1, 0.15) is 0 Å². The number of nitrogens with one attached hydrogen (secondary N) is 1. The first-order chi connectivity index (χ1) is 11.9. The van der Waals surface area contributed by atoms with Gasteiger partial charge in [-0.15, -0.1) is 0 Å². The molecular formula is C20H32N4O. The zero-order chi connectivity index (χ0) is 18.0. The van der Waals surface area contributed by atoms with Crippen LogP contribution in [0, 0.1) is 6.92 Å². The molecule has 5 heteroatoms.